The van der Waals surface area contributed by atoms with Gasteiger partial charge in [-0.25, -0.2) is 4.79 Å². The molecule has 2 aromatic carbocycles. The molecular formula is C21H20O3. The van der Waals surface area contributed by atoms with E-state index in [4.69, 9.17) is 4.74 Å². The summed E-state index contributed by atoms with van der Waals surface area (Å²) in [6, 6.07) is 15.3. The first kappa shape index (κ1) is 16.2. The maximum Gasteiger partial charge on any atom is 0.331 e. The highest BCUT2D eigenvalue weighted by atomic mass is 16.5. The zero-order valence-corrected chi connectivity index (χ0v) is 13.7. The number of benzene rings is 2. The van der Waals surface area contributed by atoms with Crippen LogP contribution in [0.2, 0.25) is 0 Å². The van der Waals surface area contributed by atoms with Crippen LogP contribution in [0.4, 0.5) is 0 Å². The molecule has 3 rings (SSSR count). The molecule has 0 aromatic heterocycles. The van der Waals surface area contributed by atoms with Crippen molar-refractivity contribution in [2.24, 2.45) is 0 Å². The van der Waals surface area contributed by atoms with E-state index in [9.17, 15) is 9.59 Å². The first-order valence-electron chi connectivity index (χ1n) is 8.23. The molecule has 0 radical (unpaired) electrons. The van der Waals surface area contributed by atoms with E-state index in [-0.39, 0.29) is 5.78 Å². The second-order valence-electron chi connectivity index (χ2n) is 6.02. The number of esters is 1. The molecule has 0 N–H and O–H groups in total. The summed E-state index contributed by atoms with van der Waals surface area (Å²) in [5.74, 6) is -0.674. The fourth-order valence-electron chi connectivity index (χ4n) is 2.96. The van der Waals surface area contributed by atoms with Crippen molar-refractivity contribution in [2.75, 3.05) is 0 Å². The summed E-state index contributed by atoms with van der Waals surface area (Å²) >= 11 is 0. The maximum absolute atomic E-state index is 12.5. The minimum absolute atomic E-state index is 0.161. The molecule has 0 saturated heterocycles. The first-order valence-corrected chi connectivity index (χ1v) is 8.23. The molecule has 0 aliphatic heterocycles. The summed E-state index contributed by atoms with van der Waals surface area (Å²) in [5, 5.41) is 0. The lowest BCUT2D eigenvalue weighted by Crippen LogP contribution is -2.23. The molecule has 0 amide bonds. The largest absolute Gasteiger partial charge is 0.451 e. The lowest BCUT2D eigenvalue weighted by atomic mass is 10.0. The van der Waals surface area contributed by atoms with Gasteiger partial charge in [-0.1, -0.05) is 42.5 Å². The minimum atomic E-state index is -0.794. The van der Waals surface area contributed by atoms with Crippen molar-refractivity contribution in [3.05, 3.63) is 76.9 Å². The van der Waals surface area contributed by atoms with Crippen LogP contribution in [-0.4, -0.2) is 17.9 Å². The van der Waals surface area contributed by atoms with E-state index >= 15 is 0 Å². The van der Waals surface area contributed by atoms with Crippen LogP contribution in [0.15, 0.2) is 54.6 Å². The summed E-state index contributed by atoms with van der Waals surface area (Å²) in [4.78, 5) is 24.3. The number of aryl methyl sites for hydroxylation is 2. The van der Waals surface area contributed by atoms with Crippen molar-refractivity contribution >= 4 is 17.8 Å². The summed E-state index contributed by atoms with van der Waals surface area (Å²) in [5.41, 5.74) is 4.08. The smallest absolute Gasteiger partial charge is 0.331 e. The Hall–Kier alpha value is -2.68. The number of carbonyl (C=O) groups excluding carboxylic acids is 2. The molecule has 0 heterocycles. The molecule has 1 atom stereocenters. The number of fused-ring (bicyclic) bond motifs is 1. The number of ketones is 1. The molecule has 1 aliphatic carbocycles. The number of ether oxygens (including phenoxy) is 1. The summed E-state index contributed by atoms with van der Waals surface area (Å²) in [6.07, 6.45) is 5.47. The summed E-state index contributed by atoms with van der Waals surface area (Å²) < 4.78 is 5.23. The second-order valence-corrected chi connectivity index (χ2v) is 6.02. The Morgan fingerprint density at radius 1 is 1.04 bits per heavy atom. The normalized spacial score (nSPS) is 14.4. The number of hydrogen-bond donors (Lipinski definition) is 0. The predicted octanol–water partition coefficient (Wildman–Crippen LogP) is 4.00. The standard InChI is InChI=1S/C21H20O3/c1-15(24-20(22)13-10-16-6-3-2-4-7-16)21(23)19-12-11-17-8-5-9-18(17)14-19/h2-4,6-7,10-15H,5,8-9H2,1H3/b13-10+/t15-/m0/s1. The number of Topliss-reactive ketones (excluding diaryl/α,β-unsaturated/α-hetero) is 1. The SMILES string of the molecule is C[C@H](OC(=O)/C=C/c1ccccc1)C(=O)c1ccc2c(c1)CCC2. The van der Waals surface area contributed by atoms with E-state index in [1.54, 1.807) is 13.0 Å². The molecule has 0 spiro atoms. The van der Waals surface area contributed by atoms with Crippen molar-refractivity contribution in [1.82, 2.24) is 0 Å². The number of hydrogen-bond acceptors (Lipinski definition) is 3. The third-order valence-electron chi connectivity index (χ3n) is 4.26. The van der Waals surface area contributed by atoms with Crippen LogP contribution in [0, 0.1) is 0 Å². The van der Waals surface area contributed by atoms with Gasteiger partial charge in [0.25, 0.3) is 0 Å². The average Bonchev–Trinajstić information content (AvgIpc) is 3.07. The van der Waals surface area contributed by atoms with Gasteiger partial charge < -0.3 is 4.74 Å². The monoisotopic (exact) mass is 320 g/mol. The van der Waals surface area contributed by atoms with Gasteiger partial charge in [-0.3, -0.25) is 4.79 Å². The Kier molecular flexibility index (Phi) is 4.90. The molecule has 3 heteroatoms. The Labute approximate surface area is 142 Å². The van der Waals surface area contributed by atoms with Crippen LogP contribution >= 0.6 is 0 Å². The molecule has 2 aromatic rings. The van der Waals surface area contributed by atoms with Gasteiger partial charge in [0.2, 0.25) is 5.78 Å². The highest BCUT2D eigenvalue weighted by Gasteiger charge is 2.20. The number of rotatable bonds is 5. The van der Waals surface area contributed by atoms with Crippen LogP contribution in [0.5, 0.6) is 0 Å². The van der Waals surface area contributed by atoms with Crippen LogP contribution in [0.1, 0.15) is 40.4 Å². The molecule has 0 fully saturated rings. The fraction of sp³-hybridized carbons (Fsp3) is 0.238. The van der Waals surface area contributed by atoms with Gasteiger partial charge >= 0.3 is 5.97 Å². The minimum Gasteiger partial charge on any atom is -0.451 e. The Balaban J connectivity index is 1.61. The maximum atomic E-state index is 12.5. The van der Waals surface area contributed by atoms with Crippen LogP contribution < -0.4 is 0 Å². The van der Waals surface area contributed by atoms with Crippen LogP contribution in [0.25, 0.3) is 6.08 Å². The first-order chi connectivity index (χ1) is 11.6. The highest BCUT2D eigenvalue weighted by Crippen LogP contribution is 2.23. The van der Waals surface area contributed by atoms with Gasteiger partial charge in [0.15, 0.2) is 6.10 Å². The van der Waals surface area contributed by atoms with E-state index < -0.39 is 12.1 Å². The van der Waals surface area contributed by atoms with Crippen molar-refractivity contribution < 1.29 is 14.3 Å². The molecule has 24 heavy (non-hydrogen) atoms. The van der Waals surface area contributed by atoms with Crippen molar-refractivity contribution in [1.29, 1.82) is 0 Å². The van der Waals surface area contributed by atoms with E-state index in [0.717, 1.165) is 24.8 Å². The molecule has 122 valence electrons. The fourth-order valence-corrected chi connectivity index (χ4v) is 2.96. The highest BCUT2D eigenvalue weighted by molar-refractivity contribution is 6.01. The Bertz CT molecular complexity index is 775. The van der Waals surface area contributed by atoms with E-state index in [1.807, 2.05) is 48.5 Å². The van der Waals surface area contributed by atoms with Gasteiger partial charge in [-0.2, -0.15) is 0 Å². The topological polar surface area (TPSA) is 43.4 Å². The average molecular weight is 320 g/mol. The van der Waals surface area contributed by atoms with Crippen molar-refractivity contribution in [2.45, 2.75) is 32.3 Å². The van der Waals surface area contributed by atoms with Gasteiger partial charge in [0.05, 0.1) is 0 Å². The zero-order chi connectivity index (χ0) is 16.9. The van der Waals surface area contributed by atoms with Crippen molar-refractivity contribution in [3.63, 3.8) is 0 Å². The molecule has 0 unspecified atom stereocenters. The summed E-state index contributed by atoms with van der Waals surface area (Å²) in [6.45, 7) is 1.61. The third-order valence-corrected chi connectivity index (χ3v) is 4.26. The Morgan fingerprint density at radius 2 is 1.79 bits per heavy atom. The zero-order valence-electron chi connectivity index (χ0n) is 13.7. The quantitative estimate of drug-likeness (QED) is 0.475. The van der Waals surface area contributed by atoms with Crippen LogP contribution in [-0.2, 0) is 22.4 Å². The Morgan fingerprint density at radius 3 is 2.58 bits per heavy atom. The van der Waals surface area contributed by atoms with Gasteiger partial charge in [-0.05, 0) is 55.0 Å². The van der Waals surface area contributed by atoms with E-state index in [1.165, 1.54) is 17.2 Å². The lowest BCUT2D eigenvalue weighted by Gasteiger charge is -2.12. The van der Waals surface area contributed by atoms with Gasteiger partial charge in [0, 0.05) is 11.6 Å². The molecule has 3 nitrogen and oxygen atoms in total. The summed E-state index contributed by atoms with van der Waals surface area (Å²) in [7, 11) is 0. The molecular weight excluding hydrogens is 300 g/mol. The molecule has 0 saturated carbocycles. The molecule has 0 bridgehead atoms. The molecule has 1 aliphatic rings. The van der Waals surface area contributed by atoms with Gasteiger partial charge in [-0.15, -0.1) is 0 Å². The number of carbonyl (C=O) groups is 2. The van der Waals surface area contributed by atoms with Gasteiger partial charge in [0.1, 0.15) is 0 Å². The van der Waals surface area contributed by atoms with Crippen LogP contribution in [0.3, 0.4) is 0 Å². The third kappa shape index (κ3) is 3.80. The predicted molar refractivity (Wildman–Crippen MR) is 93.8 cm³/mol. The lowest BCUT2D eigenvalue weighted by molar-refractivity contribution is -0.140. The van der Waals surface area contributed by atoms with Crippen molar-refractivity contribution in [3.8, 4) is 0 Å². The second kappa shape index (κ2) is 7.26. The van der Waals surface area contributed by atoms with E-state index in [2.05, 4.69) is 0 Å². The van der Waals surface area contributed by atoms with E-state index in [0.29, 0.717) is 5.56 Å².